The SMILES string of the molecule is C1CCCCC1.CC(C)NCc1ccccc1N(Cc1cc2ccccc2o1)C(=O)O. The maximum atomic E-state index is 11.9. The molecule has 1 heterocycles. The van der Waals surface area contributed by atoms with Crippen LogP contribution in [-0.4, -0.2) is 17.2 Å². The Morgan fingerprint density at radius 2 is 1.61 bits per heavy atom. The minimum absolute atomic E-state index is 0.169. The van der Waals surface area contributed by atoms with Crippen molar-refractivity contribution in [2.45, 2.75) is 71.5 Å². The van der Waals surface area contributed by atoms with Gasteiger partial charge < -0.3 is 14.8 Å². The monoisotopic (exact) mass is 422 g/mol. The molecule has 2 N–H and O–H groups in total. The topological polar surface area (TPSA) is 65.7 Å². The molecule has 1 fully saturated rings. The lowest BCUT2D eigenvalue weighted by molar-refractivity contribution is 0.200. The molecule has 1 aromatic heterocycles. The van der Waals surface area contributed by atoms with Gasteiger partial charge in [-0.3, -0.25) is 4.90 Å². The van der Waals surface area contributed by atoms with Gasteiger partial charge in [0.15, 0.2) is 0 Å². The van der Waals surface area contributed by atoms with Crippen LogP contribution in [0, 0.1) is 0 Å². The van der Waals surface area contributed by atoms with Crippen molar-refractivity contribution in [2.75, 3.05) is 4.90 Å². The second-order valence-corrected chi connectivity index (χ2v) is 8.40. The Kier molecular flexibility index (Phi) is 8.53. The normalized spacial score (nSPS) is 13.6. The number of rotatable bonds is 6. The Bertz CT molecular complexity index is 915. The van der Waals surface area contributed by atoms with Crippen LogP contribution in [-0.2, 0) is 13.1 Å². The highest BCUT2D eigenvalue weighted by Crippen LogP contribution is 2.26. The zero-order valence-electron chi connectivity index (χ0n) is 18.6. The number of carboxylic acid groups (broad SMARTS) is 1. The summed E-state index contributed by atoms with van der Waals surface area (Å²) in [7, 11) is 0. The van der Waals surface area contributed by atoms with Gasteiger partial charge >= 0.3 is 6.09 Å². The summed E-state index contributed by atoms with van der Waals surface area (Å²) in [4.78, 5) is 13.2. The van der Waals surface area contributed by atoms with Crippen molar-refractivity contribution in [2.24, 2.45) is 0 Å². The average Bonchev–Trinajstić information content (AvgIpc) is 3.20. The molecule has 2 aromatic carbocycles. The number of para-hydroxylation sites is 2. The molecular weight excluding hydrogens is 388 g/mol. The number of nitrogens with zero attached hydrogens (tertiary/aromatic N) is 1. The third-order valence-electron chi connectivity index (χ3n) is 5.50. The molecule has 31 heavy (non-hydrogen) atoms. The van der Waals surface area contributed by atoms with E-state index in [0.29, 0.717) is 24.0 Å². The van der Waals surface area contributed by atoms with Crippen LogP contribution in [0.2, 0.25) is 0 Å². The smallest absolute Gasteiger partial charge is 0.412 e. The first-order chi connectivity index (χ1) is 15.0. The second-order valence-electron chi connectivity index (χ2n) is 8.40. The molecule has 0 bridgehead atoms. The summed E-state index contributed by atoms with van der Waals surface area (Å²) in [6, 6.07) is 17.4. The van der Waals surface area contributed by atoms with Crippen molar-refractivity contribution in [1.29, 1.82) is 0 Å². The lowest BCUT2D eigenvalue weighted by atomic mass is 10.0. The molecular formula is C26H34N2O3. The first-order valence-electron chi connectivity index (χ1n) is 11.3. The molecule has 1 aliphatic rings. The minimum atomic E-state index is -1.00. The van der Waals surface area contributed by atoms with Gasteiger partial charge in [0.2, 0.25) is 0 Å². The number of fused-ring (bicyclic) bond motifs is 1. The van der Waals surface area contributed by atoms with Crippen LogP contribution < -0.4 is 10.2 Å². The third kappa shape index (κ3) is 6.86. The first-order valence-corrected chi connectivity index (χ1v) is 11.3. The average molecular weight is 423 g/mol. The van der Waals surface area contributed by atoms with Crippen LogP contribution in [0.3, 0.4) is 0 Å². The van der Waals surface area contributed by atoms with Crippen LogP contribution in [0.1, 0.15) is 63.7 Å². The van der Waals surface area contributed by atoms with E-state index < -0.39 is 6.09 Å². The van der Waals surface area contributed by atoms with Crippen molar-refractivity contribution in [1.82, 2.24) is 5.32 Å². The van der Waals surface area contributed by atoms with E-state index in [1.807, 2.05) is 54.6 Å². The van der Waals surface area contributed by atoms with Gasteiger partial charge in [-0.15, -0.1) is 0 Å². The number of hydrogen-bond acceptors (Lipinski definition) is 3. The molecule has 0 atom stereocenters. The summed E-state index contributed by atoms with van der Waals surface area (Å²) in [5, 5.41) is 14.0. The van der Waals surface area contributed by atoms with Gasteiger partial charge in [0.25, 0.3) is 0 Å². The molecule has 0 saturated heterocycles. The minimum Gasteiger partial charge on any atom is -0.465 e. The molecule has 1 amide bonds. The number of anilines is 1. The lowest BCUT2D eigenvalue weighted by Gasteiger charge is -2.22. The molecule has 0 unspecified atom stereocenters. The molecule has 4 rings (SSSR count). The molecule has 0 spiro atoms. The fourth-order valence-electron chi connectivity index (χ4n) is 3.82. The summed E-state index contributed by atoms with van der Waals surface area (Å²) in [6.45, 7) is 4.90. The van der Waals surface area contributed by atoms with Crippen molar-refractivity contribution >= 4 is 22.7 Å². The first kappa shape index (κ1) is 22.9. The molecule has 0 radical (unpaired) electrons. The lowest BCUT2D eigenvalue weighted by Crippen LogP contribution is -2.30. The largest absolute Gasteiger partial charge is 0.465 e. The predicted octanol–water partition coefficient (Wildman–Crippen LogP) is 6.96. The van der Waals surface area contributed by atoms with E-state index in [2.05, 4.69) is 19.2 Å². The molecule has 5 nitrogen and oxygen atoms in total. The van der Waals surface area contributed by atoms with Crippen molar-refractivity contribution in [3.8, 4) is 0 Å². The summed E-state index contributed by atoms with van der Waals surface area (Å²) >= 11 is 0. The fraction of sp³-hybridized carbons (Fsp3) is 0.423. The van der Waals surface area contributed by atoms with Gasteiger partial charge in [-0.1, -0.05) is 88.8 Å². The van der Waals surface area contributed by atoms with E-state index in [4.69, 9.17) is 4.42 Å². The Labute approximate surface area is 185 Å². The van der Waals surface area contributed by atoms with Crippen LogP contribution >= 0.6 is 0 Å². The van der Waals surface area contributed by atoms with Crippen molar-refractivity contribution in [3.05, 3.63) is 65.9 Å². The Hall–Kier alpha value is -2.79. The zero-order valence-corrected chi connectivity index (χ0v) is 18.6. The van der Waals surface area contributed by atoms with Crippen LogP contribution in [0.15, 0.2) is 59.0 Å². The summed E-state index contributed by atoms with van der Waals surface area (Å²) < 4.78 is 5.79. The zero-order chi connectivity index (χ0) is 22.1. The van der Waals surface area contributed by atoms with Crippen LogP contribution in [0.25, 0.3) is 11.0 Å². The highest BCUT2D eigenvalue weighted by atomic mass is 16.4. The Morgan fingerprint density at radius 1 is 1.00 bits per heavy atom. The maximum absolute atomic E-state index is 11.9. The quantitative estimate of drug-likeness (QED) is 0.451. The van der Waals surface area contributed by atoms with Crippen LogP contribution in [0.5, 0.6) is 0 Å². The van der Waals surface area contributed by atoms with Crippen molar-refractivity contribution in [3.63, 3.8) is 0 Å². The summed E-state index contributed by atoms with van der Waals surface area (Å²) in [5.41, 5.74) is 2.37. The van der Waals surface area contributed by atoms with Gasteiger partial charge in [-0.25, -0.2) is 4.79 Å². The highest BCUT2D eigenvalue weighted by molar-refractivity contribution is 5.87. The number of hydrogen-bond donors (Lipinski definition) is 2. The number of furan rings is 1. The number of nitrogens with one attached hydrogen (secondary N) is 1. The number of carbonyl (C=O) groups is 1. The molecule has 5 heteroatoms. The third-order valence-corrected chi connectivity index (χ3v) is 5.50. The molecule has 1 aliphatic carbocycles. The fourth-order valence-corrected chi connectivity index (χ4v) is 3.82. The molecule has 166 valence electrons. The van der Waals surface area contributed by atoms with E-state index in [9.17, 15) is 9.90 Å². The van der Waals surface area contributed by atoms with Gasteiger partial charge in [0.1, 0.15) is 11.3 Å². The molecule has 1 saturated carbocycles. The van der Waals surface area contributed by atoms with E-state index >= 15 is 0 Å². The predicted molar refractivity (Wildman–Crippen MR) is 127 cm³/mol. The number of amides is 1. The number of benzene rings is 2. The standard InChI is InChI=1S/C20H22N2O3.C6H12/c1-14(2)21-12-16-8-3-5-9-18(16)22(20(23)24)13-17-11-15-7-4-6-10-19(15)25-17;1-2-4-6-5-3-1/h3-11,14,21H,12-13H2,1-2H3,(H,23,24);1-6H2. The maximum Gasteiger partial charge on any atom is 0.412 e. The second kappa shape index (κ2) is 11.6. The van der Waals surface area contributed by atoms with E-state index in [0.717, 1.165) is 16.5 Å². The van der Waals surface area contributed by atoms with Gasteiger partial charge in [-0.05, 0) is 23.8 Å². The van der Waals surface area contributed by atoms with Gasteiger partial charge in [0, 0.05) is 18.0 Å². The summed E-state index contributed by atoms with van der Waals surface area (Å²) in [6.07, 6.45) is 8.00. The van der Waals surface area contributed by atoms with E-state index in [-0.39, 0.29) is 6.54 Å². The highest BCUT2D eigenvalue weighted by Gasteiger charge is 2.20. The van der Waals surface area contributed by atoms with E-state index in [1.165, 1.54) is 43.4 Å². The van der Waals surface area contributed by atoms with Crippen LogP contribution in [0.4, 0.5) is 10.5 Å². The van der Waals surface area contributed by atoms with Gasteiger partial charge in [-0.2, -0.15) is 0 Å². The van der Waals surface area contributed by atoms with Crippen molar-refractivity contribution < 1.29 is 14.3 Å². The molecule has 3 aromatic rings. The summed E-state index contributed by atoms with van der Waals surface area (Å²) in [5.74, 6) is 0.621. The Morgan fingerprint density at radius 3 is 2.23 bits per heavy atom. The van der Waals surface area contributed by atoms with E-state index in [1.54, 1.807) is 0 Å². The Balaban J connectivity index is 0.000000391. The van der Waals surface area contributed by atoms with Gasteiger partial charge in [0.05, 0.1) is 12.2 Å². The molecule has 0 aliphatic heterocycles.